The number of nitrogens with one attached hydrogen (secondary N) is 1. The van der Waals surface area contributed by atoms with Gasteiger partial charge >= 0.3 is 16.2 Å². The molecule has 1 heterocycles. The number of phenols is 1. The molecule has 1 aliphatic rings. The van der Waals surface area contributed by atoms with Crippen LogP contribution in [0.1, 0.15) is 18.4 Å². The number of carboxylic acid groups (broad SMARTS) is 1. The zero-order valence-corrected chi connectivity index (χ0v) is 12.4. The lowest BCUT2D eigenvalue weighted by molar-refractivity contribution is -0.142. The summed E-state index contributed by atoms with van der Waals surface area (Å²) in [5, 5.41) is 18.4. The van der Waals surface area contributed by atoms with Gasteiger partial charge in [0, 0.05) is 13.1 Å². The van der Waals surface area contributed by atoms with E-state index in [0.717, 1.165) is 4.31 Å². The number of hydrogen-bond acceptors (Lipinski definition) is 4. The Morgan fingerprint density at radius 3 is 2.76 bits per heavy atom. The van der Waals surface area contributed by atoms with Gasteiger partial charge < -0.3 is 10.2 Å². The van der Waals surface area contributed by atoms with E-state index in [9.17, 15) is 18.3 Å². The van der Waals surface area contributed by atoms with Crippen molar-refractivity contribution in [3.05, 3.63) is 23.8 Å². The predicted molar refractivity (Wildman–Crippen MR) is 77.3 cm³/mol. The highest BCUT2D eigenvalue weighted by Gasteiger charge is 2.32. The third-order valence-electron chi connectivity index (χ3n) is 3.52. The minimum atomic E-state index is -3.79. The number of phenolic OH excluding ortho intramolecular Hbond substituents is 1. The highest BCUT2D eigenvalue weighted by atomic mass is 32.2. The number of piperidine rings is 1. The molecule has 1 aromatic rings. The number of hydrogen-bond donors (Lipinski definition) is 3. The molecule has 7 nitrogen and oxygen atoms in total. The Hall–Kier alpha value is -1.80. The molecule has 1 saturated heterocycles. The quantitative estimate of drug-likeness (QED) is 0.723. The van der Waals surface area contributed by atoms with E-state index in [1.54, 1.807) is 6.92 Å². The van der Waals surface area contributed by atoms with Gasteiger partial charge in [0.15, 0.2) is 0 Å². The second-order valence-electron chi connectivity index (χ2n) is 5.14. The lowest BCUT2D eigenvalue weighted by atomic mass is 10.0. The second kappa shape index (κ2) is 5.90. The molecule has 0 amide bonds. The lowest BCUT2D eigenvalue weighted by Gasteiger charge is -2.30. The van der Waals surface area contributed by atoms with Crippen LogP contribution in [0.15, 0.2) is 18.2 Å². The van der Waals surface area contributed by atoms with Crippen molar-refractivity contribution in [1.82, 2.24) is 4.31 Å². The van der Waals surface area contributed by atoms with Gasteiger partial charge in [-0.2, -0.15) is 12.7 Å². The molecule has 1 fully saturated rings. The maximum atomic E-state index is 12.3. The Balaban J connectivity index is 2.14. The Bertz CT molecular complexity index is 644. The molecule has 1 atom stereocenters. The molecule has 0 saturated carbocycles. The van der Waals surface area contributed by atoms with Crippen molar-refractivity contribution in [3.63, 3.8) is 0 Å². The van der Waals surface area contributed by atoms with Crippen molar-refractivity contribution < 1.29 is 23.4 Å². The van der Waals surface area contributed by atoms with Gasteiger partial charge in [0.2, 0.25) is 0 Å². The lowest BCUT2D eigenvalue weighted by Crippen LogP contribution is -2.44. The maximum Gasteiger partial charge on any atom is 0.307 e. The summed E-state index contributed by atoms with van der Waals surface area (Å²) in [6, 6.07) is 4.38. The predicted octanol–water partition coefficient (Wildman–Crippen LogP) is 1.15. The number of aryl methyl sites for hydroxylation is 1. The number of aromatic hydroxyl groups is 1. The Morgan fingerprint density at radius 1 is 1.43 bits per heavy atom. The van der Waals surface area contributed by atoms with Gasteiger partial charge in [-0.3, -0.25) is 9.52 Å². The number of benzene rings is 1. The van der Waals surface area contributed by atoms with Crippen LogP contribution in [0.25, 0.3) is 0 Å². The monoisotopic (exact) mass is 314 g/mol. The average molecular weight is 314 g/mol. The number of rotatable bonds is 4. The fourth-order valence-electron chi connectivity index (χ4n) is 2.29. The standard InChI is InChI=1S/C13H18N2O5S/c1-9-7-11(4-5-12(9)16)14-21(19,20)15-6-2-3-10(8-15)13(17)18/h4-5,7,10,14,16H,2-3,6,8H2,1H3,(H,17,18). The van der Waals surface area contributed by atoms with Gasteiger partial charge in [0.1, 0.15) is 5.75 Å². The molecule has 0 radical (unpaired) electrons. The number of aliphatic carboxylic acids is 1. The van der Waals surface area contributed by atoms with E-state index < -0.39 is 22.1 Å². The largest absolute Gasteiger partial charge is 0.508 e. The fraction of sp³-hybridized carbons (Fsp3) is 0.462. The van der Waals surface area contributed by atoms with E-state index in [1.165, 1.54) is 18.2 Å². The zero-order valence-electron chi connectivity index (χ0n) is 11.6. The molecule has 1 aromatic carbocycles. The summed E-state index contributed by atoms with van der Waals surface area (Å²) in [7, 11) is -3.79. The number of anilines is 1. The van der Waals surface area contributed by atoms with Crippen LogP contribution >= 0.6 is 0 Å². The van der Waals surface area contributed by atoms with E-state index >= 15 is 0 Å². The fourth-order valence-corrected chi connectivity index (χ4v) is 3.59. The molecule has 1 aliphatic heterocycles. The highest BCUT2D eigenvalue weighted by molar-refractivity contribution is 7.90. The van der Waals surface area contributed by atoms with E-state index in [1.807, 2.05) is 0 Å². The van der Waals surface area contributed by atoms with Crippen LogP contribution in [0, 0.1) is 12.8 Å². The second-order valence-corrected chi connectivity index (χ2v) is 6.81. The molecular formula is C13H18N2O5S. The molecule has 0 bridgehead atoms. The first-order valence-electron chi connectivity index (χ1n) is 6.60. The average Bonchev–Trinajstić information content (AvgIpc) is 2.43. The summed E-state index contributed by atoms with van der Waals surface area (Å²) >= 11 is 0. The molecular weight excluding hydrogens is 296 g/mol. The van der Waals surface area contributed by atoms with E-state index in [2.05, 4.69) is 4.72 Å². The topological polar surface area (TPSA) is 107 Å². The van der Waals surface area contributed by atoms with Crippen LogP contribution in [-0.2, 0) is 15.0 Å². The minimum absolute atomic E-state index is 0.0261. The Kier molecular flexibility index (Phi) is 4.38. The van der Waals surface area contributed by atoms with E-state index in [-0.39, 0.29) is 12.3 Å². The SMILES string of the molecule is Cc1cc(NS(=O)(=O)N2CCCC(C(=O)O)C2)ccc1O. The summed E-state index contributed by atoms with van der Waals surface area (Å²) in [4.78, 5) is 11.0. The summed E-state index contributed by atoms with van der Waals surface area (Å²) in [6.07, 6.45) is 1.01. The summed E-state index contributed by atoms with van der Waals surface area (Å²) in [5.74, 6) is -1.56. The Morgan fingerprint density at radius 2 is 2.14 bits per heavy atom. The smallest absolute Gasteiger partial charge is 0.307 e. The molecule has 8 heteroatoms. The number of carbonyl (C=O) groups is 1. The van der Waals surface area contributed by atoms with E-state index in [4.69, 9.17) is 5.11 Å². The number of carboxylic acids is 1. The maximum absolute atomic E-state index is 12.3. The van der Waals surface area contributed by atoms with Crippen LogP contribution in [0.2, 0.25) is 0 Å². The van der Waals surface area contributed by atoms with Crippen molar-refractivity contribution >= 4 is 21.9 Å². The van der Waals surface area contributed by atoms with Gasteiger partial charge in [0.05, 0.1) is 11.6 Å². The molecule has 0 aromatic heterocycles. The first-order valence-corrected chi connectivity index (χ1v) is 8.04. The van der Waals surface area contributed by atoms with Crippen molar-refractivity contribution in [2.75, 3.05) is 17.8 Å². The first-order chi connectivity index (χ1) is 9.79. The summed E-state index contributed by atoms with van der Waals surface area (Å²) in [5.41, 5.74) is 0.889. The van der Waals surface area contributed by atoms with Gasteiger partial charge in [-0.25, -0.2) is 0 Å². The van der Waals surface area contributed by atoms with Gasteiger partial charge in [0.25, 0.3) is 0 Å². The van der Waals surface area contributed by atoms with E-state index in [0.29, 0.717) is 30.6 Å². The number of nitrogens with zero attached hydrogens (tertiary/aromatic N) is 1. The van der Waals surface area contributed by atoms with Crippen LogP contribution in [0.4, 0.5) is 5.69 Å². The van der Waals surface area contributed by atoms with Crippen molar-refractivity contribution in [2.24, 2.45) is 5.92 Å². The third kappa shape index (κ3) is 3.64. The molecule has 0 aliphatic carbocycles. The first kappa shape index (κ1) is 15.6. The minimum Gasteiger partial charge on any atom is -0.508 e. The Labute approximate surface area is 123 Å². The van der Waals surface area contributed by atoms with Crippen LogP contribution in [0.3, 0.4) is 0 Å². The van der Waals surface area contributed by atoms with Gasteiger partial charge in [-0.1, -0.05) is 0 Å². The van der Waals surface area contributed by atoms with Gasteiger partial charge in [-0.15, -0.1) is 0 Å². The third-order valence-corrected chi connectivity index (χ3v) is 5.02. The highest BCUT2D eigenvalue weighted by Crippen LogP contribution is 2.24. The normalized spacial score (nSPS) is 20.1. The molecule has 116 valence electrons. The zero-order chi connectivity index (χ0) is 15.6. The molecule has 21 heavy (non-hydrogen) atoms. The molecule has 1 unspecified atom stereocenters. The summed E-state index contributed by atoms with van der Waals surface area (Å²) in [6.45, 7) is 1.94. The van der Waals surface area contributed by atoms with Crippen molar-refractivity contribution in [1.29, 1.82) is 0 Å². The summed E-state index contributed by atoms with van der Waals surface area (Å²) < 4.78 is 28.1. The van der Waals surface area contributed by atoms with Crippen molar-refractivity contribution in [3.8, 4) is 5.75 Å². The molecule has 0 spiro atoms. The molecule has 2 rings (SSSR count). The van der Waals surface area contributed by atoms with Gasteiger partial charge in [-0.05, 0) is 43.5 Å². The van der Waals surface area contributed by atoms with Crippen LogP contribution in [0.5, 0.6) is 5.75 Å². The molecule has 3 N–H and O–H groups in total. The van der Waals surface area contributed by atoms with Crippen LogP contribution in [-0.4, -0.2) is 42.0 Å². The van der Waals surface area contributed by atoms with Crippen LogP contribution < -0.4 is 4.72 Å². The van der Waals surface area contributed by atoms with Crippen molar-refractivity contribution in [2.45, 2.75) is 19.8 Å².